The number of nitrogens with zero attached hydrogens (tertiary/aromatic N) is 1. The molecule has 1 aliphatic heterocycles. The summed E-state index contributed by atoms with van der Waals surface area (Å²) in [5.74, 6) is -3.17. The van der Waals surface area contributed by atoms with E-state index in [-0.39, 0.29) is 0 Å². The molecule has 1 amide bonds. The van der Waals surface area contributed by atoms with Crippen molar-refractivity contribution >= 4 is 23.6 Å². The zero-order valence-corrected chi connectivity index (χ0v) is 11.0. The van der Waals surface area contributed by atoms with Gasteiger partial charge in [0.15, 0.2) is 6.61 Å². The minimum Gasteiger partial charge on any atom is -0.466 e. The SMILES string of the molecule is COC(=O)C=CC(=O)OCC(=O)C(=O)N1CCOCC1. The van der Waals surface area contributed by atoms with E-state index in [9.17, 15) is 19.2 Å². The number of ether oxygens (including phenoxy) is 3. The molecule has 0 atom stereocenters. The van der Waals surface area contributed by atoms with E-state index in [4.69, 9.17) is 4.74 Å². The first-order valence-electron chi connectivity index (χ1n) is 5.87. The molecule has 0 aliphatic carbocycles. The van der Waals surface area contributed by atoms with E-state index in [0.29, 0.717) is 26.3 Å². The molecule has 1 rings (SSSR count). The van der Waals surface area contributed by atoms with Gasteiger partial charge < -0.3 is 19.1 Å². The van der Waals surface area contributed by atoms with Gasteiger partial charge in [0.2, 0.25) is 0 Å². The predicted molar refractivity (Wildman–Crippen MR) is 64.5 cm³/mol. The zero-order chi connectivity index (χ0) is 15.0. The largest absolute Gasteiger partial charge is 0.466 e. The van der Waals surface area contributed by atoms with Gasteiger partial charge in [0.05, 0.1) is 20.3 Å². The highest BCUT2D eigenvalue weighted by molar-refractivity contribution is 6.36. The summed E-state index contributed by atoms with van der Waals surface area (Å²) in [5.41, 5.74) is 0. The molecule has 0 aromatic heterocycles. The second-order valence-electron chi connectivity index (χ2n) is 3.79. The molecule has 1 heterocycles. The highest BCUT2D eigenvalue weighted by Crippen LogP contribution is 1.98. The topological polar surface area (TPSA) is 99.2 Å². The van der Waals surface area contributed by atoms with Crippen LogP contribution in [0.2, 0.25) is 0 Å². The lowest BCUT2D eigenvalue weighted by Crippen LogP contribution is -2.45. The van der Waals surface area contributed by atoms with Crippen LogP contribution in [0.5, 0.6) is 0 Å². The van der Waals surface area contributed by atoms with Crippen LogP contribution in [-0.4, -0.2) is 68.5 Å². The van der Waals surface area contributed by atoms with Gasteiger partial charge in [-0.1, -0.05) is 0 Å². The van der Waals surface area contributed by atoms with Crippen LogP contribution in [0, 0.1) is 0 Å². The molecule has 0 aromatic carbocycles. The molecule has 110 valence electrons. The van der Waals surface area contributed by atoms with E-state index in [1.54, 1.807) is 0 Å². The van der Waals surface area contributed by atoms with Crippen LogP contribution in [0.4, 0.5) is 0 Å². The third-order valence-corrected chi connectivity index (χ3v) is 2.44. The van der Waals surface area contributed by atoms with Crippen LogP contribution < -0.4 is 0 Å². The maximum atomic E-state index is 11.7. The van der Waals surface area contributed by atoms with Gasteiger partial charge in [0, 0.05) is 25.2 Å². The summed E-state index contributed by atoms with van der Waals surface area (Å²) in [6.45, 7) is 0.753. The summed E-state index contributed by atoms with van der Waals surface area (Å²) in [6.07, 6.45) is 1.68. The lowest BCUT2D eigenvalue weighted by atomic mass is 10.3. The highest BCUT2D eigenvalue weighted by atomic mass is 16.5. The van der Waals surface area contributed by atoms with Crippen molar-refractivity contribution in [3.63, 3.8) is 0 Å². The summed E-state index contributed by atoms with van der Waals surface area (Å²) in [7, 11) is 1.16. The van der Waals surface area contributed by atoms with Crippen LogP contribution in [0.1, 0.15) is 0 Å². The fraction of sp³-hybridized carbons (Fsp3) is 0.500. The molecule has 0 radical (unpaired) electrons. The van der Waals surface area contributed by atoms with Gasteiger partial charge in [-0.15, -0.1) is 0 Å². The number of rotatable bonds is 5. The van der Waals surface area contributed by atoms with Crippen molar-refractivity contribution in [1.29, 1.82) is 0 Å². The minimum absolute atomic E-state index is 0.334. The fourth-order valence-corrected chi connectivity index (χ4v) is 1.39. The average Bonchev–Trinajstić information content (AvgIpc) is 2.50. The Hall–Kier alpha value is -2.22. The van der Waals surface area contributed by atoms with Crippen molar-refractivity contribution in [2.45, 2.75) is 0 Å². The molecule has 0 spiro atoms. The fourth-order valence-electron chi connectivity index (χ4n) is 1.39. The smallest absolute Gasteiger partial charge is 0.331 e. The summed E-state index contributed by atoms with van der Waals surface area (Å²) >= 11 is 0. The molecule has 0 N–H and O–H groups in total. The normalized spacial score (nSPS) is 14.9. The summed E-state index contributed by atoms with van der Waals surface area (Å²) in [4.78, 5) is 46.4. The van der Waals surface area contributed by atoms with E-state index in [2.05, 4.69) is 9.47 Å². The van der Waals surface area contributed by atoms with Gasteiger partial charge in [-0.3, -0.25) is 9.59 Å². The molecular weight excluding hydrogens is 270 g/mol. The van der Waals surface area contributed by atoms with Crippen molar-refractivity contribution in [3.05, 3.63) is 12.2 Å². The van der Waals surface area contributed by atoms with Crippen LogP contribution >= 0.6 is 0 Å². The Morgan fingerprint density at radius 2 is 1.70 bits per heavy atom. The first-order chi connectivity index (χ1) is 9.54. The second kappa shape index (κ2) is 8.05. The number of carbonyl (C=O) groups excluding carboxylic acids is 4. The van der Waals surface area contributed by atoms with Gasteiger partial charge in [0.1, 0.15) is 0 Å². The van der Waals surface area contributed by atoms with Crippen LogP contribution in [0.25, 0.3) is 0 Å². The number of morpholine rings is 1. The molecule has 1 saturated heterocycles. The number of ketones is 1. The lowest BCUT2D eigenvalue weighted by Gasteiger charge is -2.25. The Balaban J connectivity index is 2.35. The van der Waals surface area contributed by atoms with E-state index in [1.807, 2.05) is 0 Å². The number of hydrogen-bond acceptors (Lipinski definition) is 7. The molecule has 1 fully saturated rings. The first-order valence-corrected chi connectivity index (χ1v) is 5.87. The molecule has 8 nitrogen and oxygen atoms in total. The Bertz CT molecular complexity index is 424. The van der Waals surface area contributed by atoms with Gasteiger partial charge in [-0.05, 0) is 0 Å². The molecule has 0 unspecified atom stereocenters. The molecule has 0 aromatic rings. The molecular formula is C12H15NO7. The summed E-state index contributed by atoms with van der Waals surface area (Å²) < 4.78 is 13.9. The minimum atomic E-state index is -0.904. The van der Waals surface area contributed by atoms with Gasteiger partial charge >= 0.3 is 11.9 Å². The van der Waals surface area contributed by atoms with Gasteiger partial charge in [0.25, 0.3) is 11.7 Å². The van der Waals surface area contributed by atoms with E-state index in [0.717, 1.165) is 19.3 Å². The molecule has 8 heteroatoms. The maximum absolute atomic E-state index is 11.7. The molecule has 0 bridgehead atoms. The number of methoxy groups -OCH3 is 1. The summed E-state index contributed by atoms with van der Waals surface area (Å²) in [5, 5.41) is 0. The van der Waals surface area contributed by atoms with Crippen molar-refractivity contribution in [2.75, 3.05) is 40.0 Å². The van der Waals surface area contributed by atoms with Crippen molar-refractivity contribution in [2.24, 2.45) is 0 Å². The second-order valence-corrected chi connectivity index (χ2v) is 3.79. The Labute approximate surface area is 115 Å². The van der Waals surface area contributed by atoms with Crippen molar-refractivity contribution in [3.8, 4) is 0 Å². The van der Waals surface area contributed by atoms with Crippen LogP contribution in [0.15, 0.2) is 12.2 Å². The maximum Gasteiger partial charge on any atom is 0.331 e. The number of Topliss-reactive ketones (excluding diaryl/α,β-unsaturated/α-hetero) is 1. The highest BCUT2D eigenvalue weighted by Gasteiger charge is 2.24. The molecule has 1 aliphatic rings. The Morgan fingerprint density at radius 3 is 2.30 bits per heavy atom. The quantitative estimate of drug-likeness (QED) is 0.351. The Kier molecular flexibility index (Phi) is 6.38. The summed E-state index contributed by atoms with van der Waals surface area (Å²) in [6, 6.07) is 0. The monoisotopic (exact) mass is 285 g/mol. The third kappa shape index (κ3) is 5.19. The average molecular weight is 285 g/mol. The van der Waals surface area contributed by atoms with Crippen LogP contribution in [0.3, 0.4) is 0 Å². The molecule has 0 saturated carbocycles. The first kappa shape index (κ1) is 15.8. The lowest BCUT2D eigenvalue weighted by molar-refractivity contribution is -0.153. The Morgan fingerprint density at radius 1 is 1.10 bits per heavy atom. The van der Waals surface area contributed by atoms with Crippen molar-refractivity contribution in [1.82, 2.24) is 4.90 Å². The van der Waals surface area contributed by atoms with E-state index >= 15 is 0 Å². The standard InChI is InChI=1S/C12H15NO7/c1-18-10(15)2-3-11(16)20-8-9(14)12(17)13-4-6-19-7-5-13/h2-3H,4-8H2,1H3. The van der Waals surface area contributed by atoms with Crippen LogP contribution in [-0.2, 0) is 33.4 Å². The van der Waals surface area contributed by atoms with Gasteiger partial charge in [-0.25, -0.2) is 9.59 Å². The third-order valence-electron chi connectivity index (χ3n) is 2.44. The predicted octanol–water partition coefficient (Wildman–Crippen LogP) is -1.31. The number of esters is 2. The number of amides is 1. The van der Waals surface area contributed by atoms with E-state index < -0.39 is 30.2 Å². The number of carbonyl (C=O) groups is 4. The van der Waals surface area contributed by atoms with Gasteiger partial charge in [-0.2, -0.15) is 0 Å². The zero-order valence-electron chi connectivity index (χ0n) is 11.0. The van der Waals surface area contributed by atoms with Crippen molar-refractivity contribution < 1.29 is 33.4 Å². The van der Waals surface area contributed by atoms with E-state index in [1.165, 1.54) is 4.90 Å². The number of hydrogen-bond donors (Lipinski definition) is 0. The molecule has 20 heavy (non-hydrogen) atoms.